The molecule has 0 saturated heterocycles. The lowest BCUT2D eigenvalue weighted by Gasteiger charge is -2.09. The molecule has 118 valence electrons. The molecule has 2 aromatic carbocycles. The number of hydrogen-bond acceptors (Lipinski definition) is 3. The fourth-order valence-corrected chi connectivity index (χ4v) is 2.41. The first kappa shape index (κ1) is 15.4. The second kappa shape index (κ2) is 5.31. The third-order valence-electron chi connectivity index (χ3n) is 3.26. The monoisotopic (exact) mass is 340 g/mol. The fraction of sp³-hybridized carbons (Fsp3) is 0.0625. The summed E-state index contributed by atoms with van der Waals surface area (Å²) in [7, 11) is 0. The largest absolute Gasteiger partial charge is 0.508 e. The Kier molecular flexibility index (Phi) is 3.56. The Labute approximate surface area is 132 Å². The number of benzene rings is 2. The van der Waals surface area contributed by atoms with Crippen LogP contribution in [0.2, 0.25) is 5.02 Å². The molecule has 0 aliphatic rings. The van der Waals surface area contributed by atoms with Crippen LogP contribution in [0.4, 0.5) is 13.2 Å². The Bertz CT molecular complexity index is 944. The van der Waals surface area contributed by atoms with E-state index in [1.807, 2.05) is 0 Å². The number of phenols is 1. The Balaban J connectivity index is 2.25. The molecular weight excluding hydrogens is 333 g/mol. The maximum atomic E-state index is 12.8. The minimum absolute atomic E-state index is 0.0322. The van der Waals surface area contributed by atoms with Gasteiger partial charge in [-0.15, -0.1) is 0 Å². The molecule has 1 N–H and O–H groups in total. The first-order valence-electron chi connectivity index (χ1n) is 6.40. The van der Waals surface area contributed by atoms with Crippen LogP contribution in [-0.4, -0.2) is 5.11 Å². The third kappa shape index (κ3) is 2.90. The predicted octanol–water partition coefficient (Wildman–Crippen LogP) is 4.84. The van der Waals surface area contributed by atoms with Crippen LogP contribution in [0.25, 0.3) is 22.3 Å². The van der Waals surface area contributed by atoms with Crippen LogP contribution in [0.3, 0.4) is 0 Å². The van der Waals surface area contributed by atoms with E-state index in [2.05, 4.69) is 0 Å². The van der Waals surface area contributed by atoms with Gasteiger partial charge in [-0.05, 0) is 36.4 Å². The van der Waals surface area contributed by atoms with Crippen molar-refractivity contribution in [3.8, 4) is 17.1 Å². The van der Waals surface area contributed by atoms with Gasteiger partial charge in [0.05, 0.1) is 16.0 Å². The van der Waals surface area contributed by atoms with Crippen LogP contribution in [0, 0.1) is 0 Å². The van der Waals surface area contributed by atoms with E-state index in [9.17, 15) is 23.1 Å². The predicted molar refractivity (Wildman–Crippen MR) is 79.6 cm³/mol. The summed E-state index contributed by atoms with van der Waals surface area (Å²) in [6, 6.07) is 8.34. The van der Waals surface area contributed by atoms with Crippen molar-refractivity contribution in [3.63, 3.8) is 0 Å². The lowest BCUT2D eigenvalue weighted by atomic mass is 10.1. The maximum absolute atomic E-state index is 12.8. The van der Waals surface area contributed by atoms with Crippen molar-refractivity contribution in [1.29, 1.82) is 0 Å². The van der Waals surface area contributed by atoms with E-state index >= 15 is 0 Å². The third-order valence-corrected chi connectivity index (χ3v) is 3.54. The normalized spacial score (nSPS) is 11.8. The van der Waals surface area contributed by atoms with Crippen LogP contribution in [-0.2, 0) is 6.18 Å². The average molecular weight is 341 g/mol. The topological polar surface area (TPSA) is 50.4 Å². The first-order chi connectivity index (χ1) is 10.8. The molecule has 7 heteroatoms. The summed E-state index contributed by atoms with van der Waals surface area (Å²) >= 11 is 5.85. The van der Waals surface area contributed by atoms with Crippen LogP contribution < -0.4 is 5.43 Å². The first-order valence-corrected chi connectivity index (χ1v) is 6.77. The van der Waals surface area contributed by atoms with Gasteiger partial charge in [-0.1, -0.05) is 11.6 Å². The lowest BCUT2D eigenvalue weighted by Crippen LogP contribution is -2.08. The Morgan fingerprint density at radius 3 is 2.30 bits per heavy atom. The van der Waals surface area contributed by atoms with Crippen molar-refractivity contribution in [3.05, 3.63) is 63.3 Å². The second-order valence-electron chi connectivity index (χ2n) is 4.85. The van der Waals surface area contributed by atoms with Crippen molar-refractivity contribution in [2.45, 2.75) is 6.18 Å². The van der Waals surface area contributed by atoms with Crippen molar-refractivity contribution in [2.75, 3.05) is 0 Å². The van der Waals surface area contributed by atoms with Crippen LogP contribution in [0.15, 0.2) is 51.7 Å². The summed E-state index contributed by atoms with van der Waals surface area (Å²) in [5, 5.41) is 8.72. The summed E-state index contributed by atoms with van der Waals surface area (Å²) in [6.07, 6.45) is -4.61. The smallest absolute Gasteiger partial charge is 0.416 e. The molecule has 0 bridgehead atoms. The lowest BCUT2D eigenvalue weighted by molar-refractivity contribution is -0.137. The van der Waals surface area contributed by atoms with E-state index < -0.39 is 17.2 Å². The molecule has 1 heterocycles. The molecule has 3 aromatic rings. The molecule has 0 aliphatic heterocycles. The van der Waals surface area contributed by atoms with Gasteiger partial charge in [-0.3, -0.25) is 4.79 Å². The molecule has 0 saturated carbocycles. The van der Waals surface area contributed by atoms with Crippen molar-refractivity contribution < 1.29 is 22.7 Å². The van der Waals surface area contributed by atoms with Crippen molar-refractivity contribution in [1.82, 2.24) is 0 Å². The van der Waals surface area contributed by atoms with Gasteiger partial charge in [0.25, 0.3) is 0 Å². The van der Waals surface area contributed by atoms with E-state index in [1.165, 1.54) is 24.3 Å². The van der Waals surface area contributed by atoms with Gasteiger partial charge in [0.15, 0.2) is 11.0 Å². The molecule has 0 spiro atoms. The van der Waals surface area contributed by atoms with Crippen LogP contribution in [0.1, 0.15) is 5.56 Å². The minimum Gasteiger partial charge on any atom is -0.508 e. The van der Waals surface area contributed by atoms with Crippen molar-refractivity contribution >= 4 is 22.6 Å². The number of halogens is 4. The molecule has 0 unspecified atom stereocenters. The van der Waals surface area contributed by atoms with Gasteiger partial charge >= 0.3 is 6.18 Å². The van der Waals surface area contributed by atoms with Gasteiger partial charge < -0.3 is 9.52 Å². The summed E-state index contributed by atoms with van der Waals surface area (Å²) in [4.78, 5) is 12.1. The zero-order chi connectivity index (χ0) is 16.8. The molecule has 3 rings (SSSR count). The highest BCUT2D eigenvalue weighted by Crippen LogP contribution is 2.35. The zero-order valence-electron chi connectivity index (χ0n) is 11.3. The van der Waals surface area contributed by atoms with Gasteiger partial charge in [0.2, 0.25) is 0 Å². The number of aromatic hydroxyl groups is 1. The SMILES string of the molecule is O=c1cc(-c2ccc(O)cc2)oc2c(Cl)cc(C(F)(F)F)cc12. The molecular formula is C16H8ClF3O3. The molecule has 23 heavy (non-hydrogen) atoms. The van der Waals surface area contributed by atoms with Gasteiger partial charge in [0.1, 0.15) is 11.5 Å². The molecule has 0 aliphatic carbocycles. The van der Waals surface area contributed by atoms with E-state index in [1.54, 1.807) is 0 Å². The molecule has 0 fully saturated rings. The fourth-order valence-electron chi connectivity index (χ4n) is 2.15. The highest BCUT2D eigenvalue weighted by molar-refractivity contribution is 6.34. The maximum Gasteiger partial charge on any atom is 0.416 e. The van der Waals surface area contributed by atoms with Crippen LogP contribution in [0.5, 0.6) is 5.75 Å². The Morgan fingerprint density at radius 2 is 1.70 bits per heavy atom. The highest BCUT2D eigenvalue weighted by Gasteiger charge is 2.32. The van der Waals surface area contributed by atoms with E-state index in [0.29, 0.717) is 17.7 Å². The number of rotatable bonds is 1. The molecule has 3 nitrogen and oxygen atoms in total. The minimum atomic E-state index is -4.61. The molecule has 0 atom stereocenters. The number of fused-ring (bicyclic) bond motifs is 1. The van der Waals surface area contributed by atoms with E-state index in [0.717, 1.165) is 6.07 Å². The Morgan fingerprint density at radius 1 is 1.04 bits per heavy atom. The van der Waals surface area contributed by atoms with Gasteiger partial charge in [-0.2, -0.15) is 13.2 Å². The summed E-state index contributed by atoms with van der Waals surface area (Å²) in [5.74, 6) is 0.175. The van der Waals surface area contributed by atoms with E-state index in [4.69, 9.17) is 16.0 Å². The molecule has 0 radical (unpaired) electrons. The summed E-state index contributed by atoms with van der Waals surface area (Å²) < 4.78 is 43.9. The zero-order valence-corrected chi connectivity index (χ0v) is 12.1. The van der Waals surface area contributed by atoms with Gasteiger partial charge in [-0.25, -0.2) is 0 Å². The van der Waals surface area contributed by atoms with Crippen LogP contribution >= 0.6 is 11.6 Å². The van der Waals surface area contributed by atoms with Crippen molar-refractivity contribution in [2.24, 2.45) is 0 Å². The average Bonchev–Trinajstić information content (AvgIpc) is 2.47. The molecule has 0 amide bonds. The number of alkyl halides is 3. The Hall–Kier alpha value is -2.47. The number of hydrogen-bond donors (Lipinski definition) is 1. The second-order valence-corrected chi connectivity index (χ2v) is 5.26. The summed E-state index contributed by atoms with van der Waals surface area (Å²) in [5.41, 5.74) is -1.28. The van der Waals surface area contributed by atoms with Gasteiger partial charge in [0, 0.05) is 11.6 Å². The standard InChI is InChI=1S/C16H8ClF3O3/c17-12-6-9(16(18,19)20)5-11-13(22)7-14(23-15(11)12)8-1-3-10(21)4-2-8/h1-7,21H. The summed E-state index contributed by atoms with van der Waals surface area (Å²) in [6.45, 7) is 0. The van der Waals surface area contributed by atoms with E-state index in [-0.39, 0.29) is 27.5 Å². The quantitative estimate of drug-likeness (QED) is 0.689. The molecule has 1 aromatic heterocycles. The number of phenolic OH excluding ortho intramolecular Hbond substituents is 1. The highest BCUT2D eigenvalue weighted by atomic mass is 35.5.